The first-order chi connectivity index (χ1) is 9.57. The average Bonchev–Trinajstić information content (AvgIpc) is 3.25. The first kappa shape index (κ1) is 15.5. The summed E-state index contributed by atoms with van der Waals surface area (Å²) in [6.07, 6.45) is 2.93. The fourth-order valence-corrected chi connectivity index (χ4v) is 3.88. The van der Waals surface area contributed by atoms with E-state index in [-0.39, 0.29) is 5.75 Å². The molecule has 2 rings (SSSR count). The Morgan fingerprint density at radius 3 is 2.60 bits per heavy atom. The number of sulfone groups is 1. The first-order valence-electron chi connectivity index (χ1n) is 7.50. The molecule has 0 bridgehead atoms. The van der Waals surface area contributed by atoms with E-state index >= 15 is 0 Å². The van der Waals surface area contributed by atoms with Gasteiger partial charge in [0.25, 0.3) is 0 Å². The standard InChI is InChI=1S/C16H25NO2S/c1-3-20(18,19)11-7-10-16(17-2)15-12-14(15)13-8-5-4-6-9-13/h4-6,8-9,14-17H,3,7,10-12H2,1-2H3. The van der Waals surface area contributed by atoms with Crippen LogP contribution in [0.1, 0.15) is 37.7 Å². The predicted octanol–water partition coefficient (Wildman–Crippen LogP) is 2.59. The fourth-order valence-electron chi connectivity index (χ4n) is 2.98. The molecule has 20 heavy (non-hydrogen) atoms. The summed E-state index contributed by atoms with van der Waals surface area (Å²) in [6, 6.07) is 11.1. The maximum atomic E-state index is 11.5. The van der Waals surface area contributed by atoms with Crippen molar-refractivity contribution in [2.45, 2.75) is 38.1 Å². The van der Waals surface area contributed by atoms with E-state index in [4.69, 9.17) is 0 Å². The Kier molecular flexibility index (Phi) is 5.22. The smallest absolute Gasteiger partial charge is 0.150 e. The zero-order valence-corrected chi connectivity index (χ0v) is 13.2. The summed E-state index contributed by atoms with van der Waals surface area (Å²) in [5, 5.41) is 3.37. The minimum Gasteiger partial charge on any atom is -0.317 e. The highest BCUT2D eigenvalue weighted by Crippen LogP contribution is 2.50. The largest absolute Gasteiger partial charge is 0.317 e. The molecule has 1 aromatic rings. The molecule has 0 aliphatic heterocycles. The van der Waals surface area contributed by atoms with Crippen molar-refractivity contribution >= 4 is 9.84 Å². The van der Waals surface area contributed by atoms with Crippen LogP contribution in [0.3, 0.4) is 0 Å². The normalized spacial score (nSPS) is 23.5. The van der Waals surface area contributed by atoms with Crippen LogP contribution >= 0.6 is 0 Å². The molecule has 0 spiro atoms. The van der Waals surface area contributed by atoms with Crippen molar-refractivity contribution < 1.29 is 8.42 Å². The van der Waals surface area contributed by atoms with Crippen LogP contribution in [-0.2, 0) is 9.84 Å². The number of benzene rings is 1. The molecule has 1 saturated carbocycles. The fraction of sp³-hybridized carbons (Fsp3) is 0.625. The van der Waals surface area contributed by atoms with Gasteiger partial charge in [-0.15, -0.1) is 0 Å². The Morgan fingerprint density at radius 1 is 1.30 bits per heavy atom. The summed E-state index contributed by atoms with van der Waals surface area (Å²) < 4.78 is 23.0. The summed E-state index contributed by atoms with van der Waals surface area (Å²) in [4.78, 5) is 0. The molecule has 3 unspecified atom stereocenters. The van der Waals surface area contributed by atoms with Crippen LogP contribution in [0.15, 0.2) is 30.3 Å². The van der Waals surface area contributed by atoms with Crippen molar-refractivity contribution in [2.75, 3.05) is 18.6 Å². The second-order valence-corrected chi connectivity index (χ2v) is 8.16. The first-order valence-corrected chi connectivity index (χ1v) is 9.32. The molecule has 0 radical (unpaired) electrons. The van der Waals surface area contributed by atoms with Gasteiger partial charge in [0.15, 0.2) is 0 Å². The number of hydrogen-bond acceptors (Lipinski definition) is 3. The molecule has 0 amide bonds. The van der Waals surface area contributed by atoms with Gasteiger partial charge in [0.05, 0.1) is 5.75 Å². The van der Waals surface area contributed by atoms with Crippen LogP contribution in [0.4, 0.5) is 0 Å². The molecule has 1 aromatic carbocycles. The summed E-state index contributed by atoms with van der Waals surface area (Å²) in [5.41, 5.74) is 1.42. The molecule has 0 heterocycles. The molecule has 0 aromatic heterocycles. The Labute approximate surface area is 122 Å². The number of rotatable bonds is 8. The summed E-state index contributed by atoms with van der Waals surface area (Å²) in [5.74, 6) is 1.89. The molecule has 112 valence electrons. The predicted molar refractivity (Wildman–Crippen MR) is 83.7 cm³/mol. The Bertz CT molecular complexity index is 513. The van der Waals surface area contributed by atoms with E-state index in [1.54, 1.807) is 6.92 Å². The van der Waals surface area contributed by atoms with Gasteiger partial charge >= 0.3 is 0 Å². The molecule has 1 N–H and O–H groups in total. The average molecular weight is 295 g/mol. The van der Waals surface area contributed by atoms with E-state index in [0.717, 1.165) is 12.8 Å². The summed E-state index contributed by atoms with van der Waals surface area (Å²) >= 11 is 0. The molecule has 1 aliphatic rings. The molecule has 1 fully saturated rings. The van der Waals surface area contributed by atoms with Crippen molar-refractivity contribution in [2.24, 2.45) is 5.92 Å². The lowest BCUT2D eigenvalue weighted by Gasteiger charge is -2.16. The highest BCUT2D eigenvalue weighted by molar-refractivity contribution is 7.91. The highest BCUT2D eigenvalue weighted by atomic mass is 32.2. The van der Waals surface area contributed by atoms with Crippen LogP contribution in [0, 0.1) is 5.92 Å². The van der Waals surface area contributed by atoms with Gasteiger partial charge in [-0.05, 0) is 43.7 Å². The van der Waals surface area contributed by atoms with Crippen molar-refractivity contribution in [3.63, 3.8) is 0 Å². The minimum absolute atomic E-state index is 0.257. The van der Waals surface area contributed by atoms with Crippen molar-refractivity contribution in [1.29, 1.82) is 0 Å². The van der Waals surface area contributed by atoms with E-state index in [9.17, 15) is 8.42 Å². The van der Waals surface area contributed by atoms with E-state index in [2.05, 4.69) is 29.6 Å². The van der Waals surface area contributed by atoms with Crippen LogP contribution < -0.4 is 5.32 Å². The monoisotopic (exact) mass is 295 g/mol. The van der Waals surface area contributed by atoms with Gasteiger partial charge in [0.2, 0.25) is 0 Å². The SMILES string of the molecule is CCS(=O)(=O)CCCC(NC)C1CC1c1ccccc1. The van der Waals surface area contributed by atoms with Crippen molar-refractivity contribution in [1.82, 2.24) is 5.32 Å². The Morgan fingerprint density at radius 2 is 2.00 bits per heavy atom. The van der Waals surface area contributed by atoms with Crippen molar-refractivity contribution in [3.8, 4) is 0 Å². The topological polar surface area (TPSA) is 46.2 Å². The second-order valence-electron chi connectivity index (χ2n) is 5.69. The molecule has 1 aliphatic carbocycles. The van der Waals surface area contributed by atoms with Crippen LogP contribution in [0.5, 0.6) is 0 Å². The van der Waals surface area contributed by atoms with Crippen LogP contribution in [0.2, 0.25) is 0 Å². The van der Waals surface area contributed by atoms with Gasteiger partial charge in [-0.2, -0.15) is 0 Å². The molecule has 3 nitrogen and oxygen atoms in total. The minimum atomic E-state index is -2.82. The molecular weight excluding hydrogens is 270 g/mol. The zero-order valence-electron chi connectivity index (χ0n) is 12.4. The highest BCUT2D eigenvalue weighted by Gasteiger charge is 2.42. The molecule has 3 atom stereocenters. The maximum absolute atomic E-state index is 11.5. The number of hydrogen-bond donors (Lipinski definition) is 1. The third kappa shape index (κ3) is 4.06. The lowest BCUT2D eigenvalue weighted by Crippen LogP contribution is -2.28. The molecular formula is C16H25NO2S. The molecule has 0 saturated heterocycles. The van der Waals surface area contributed by atoms with E-state index in [1.165, 1.54) is 12.0 Å². The van der Waals surface area contributed by atoms with E-state index in [0.29, 0.717) is 23.6 Å². The van der Waals surface area contributed by atoms with Crippen molar-refractivity contribution in [3.05, 3.63) is 35.9 Å². The third-order valence-corrected chi connectivity index (χ3v) is 6.16. The van der Waals surface area contributed by atoms with Crippen LogP contribution in [0.25, 0.3) is 0 Å². The van der Waals surface area contributed by atoms with Gasteiger partial charge in [0, 0.05) is 11.8 Å². The van der Waals surface area contributed by atoms with Gasteiger partial charge in [-0.1, -0.05) is 37.3 Å². The Hall–Kier alpha value is -0.870. The van der Waals surface area contributed by atoms with Gasteiger partial charge in [-0.3, -0.25) is 0 Å². The molecule has 4 heteroatoms. The maximum Gasteiger partial charge on any atom is 0.150 e. The van der Waals surface area contributed by atoms with Gasteiger partial charge in [0.1, 0.15) is 9.84 Å². The quantitative estimate of drug-likeness (QED) is 0.802. The third-order valence-electron chi connectivity index (χ3n) is 4.37. The zero-order chi connectivity index (χ0) is 14.6. The van der Waals surface area contributed by atoms with Gasteiger partial charge < -0.3 is 5.32 Å². The van der Waals surface area contributed by atoms with Gasteiger partial charge in [-0.25, -0.2) is 8.42 Å². The summed E-state index contributed by atoms with van der Waals surface area (Å²) in [6.45, 7) is 1.72. The summed E-state index contributed by atoms with van der Waals surface area (Å²) in [7, 11) is -0.837. The second kappa shape index (κ2) is 6.72. The Balaban J connectivity index is 1.82. The lowest BCUT2D eigenvalue weighted by atomic mass is 10.0. The van der Waals surface area contributed by atoms with E-state index in [1.807, 2.05) is 13.1 Å². The lowest BCUT2D eigenvalue weighted by molar-refractivity contribution is 0.456. The number of nitrogens with one attached hydrogen (secondary N) is 1. The van der Waals surface area contributed by atoms with Crippen LogP contribution in [-0.4, -0.2) is 33.0 Å². The van der Waals surface area contributed by atoms with E-state index < -0.39 is 9.84 Å².